The number of nitrogens with one attached hydrogen (secondary N) is 1. The molecule has 0 aromatic heterocycles. The van der Waals surface area contributed by atoms with Crippen molar-refractivity contribution >= 4 is 0 Å². The molecule has 1 aliphatic rings. The van der Waals surface area contributed by atoms with Crippen LogP contribution < -0.4 is 14.8 Å². The highest BCUT2D eigenvalue weighted by Crippen LogP contribution is 2.33. The first-order valence-corrected chi connectivity index (χ1v) is 6.57. The molecule has 106 valence electrons. The first-order chi connectivity index (χ1) is 9.08. The van der Waals surface area contributed by atoms with Crippen molar-refractivity contribution in [3.05, 3.63) is 23.8 Å². The summed E-state index contributed by atoms with van der Waals surface area (Å²) in [5.74, 6) is 1.39. The van der Waals surface area contributed by atoms with Crippen molar-refractivity contribution in [1.29, 1.82) is 0 Å². The van der Waals surface area contributed by atoms with E-state index in [0.29, 0.717) is 31.3 Å². The smallest absolute Gasteiger partial charge is 0.161 e. The van der Waals surface area contributed by atoms with Crippen LogP contribution >= 0.6 is 0 Å². The number of fused-ring (bicyclic) bond motifs is 1. The van der Waals surface area contributed by atoms with Crippen LogP contribution in [-0.4, -0.2) is 42.1 Å². The fraction of sp³-hybridized carbons (Fsp3) is 0.571. The van der Waals surface area contributed by atoms with Crippen LogP contribution in [0.1, 0.15) is 25.5 Å². The maximum absolute atomic E-state index is 10.3. The summed E-state index contributed by atoms with van der Waals surface area (Å²) in [5.41, 5.74) is 0.773. The Labute approximate surface area is 113 Å². The first-order valence-electron chi connectivity index (χ1n) is 6.57. The van der Waals surface area contributed by atoms with Gasteiger partial charge in [0.1, 0.15) is 13.2 Å². The molecule has 19 heavy (non-hydrogen) atoms. The second kappa shape index (κ2) is 6.23. The Kier molecular flexibility index (Phi) is 4.63. The van der Waals surface area contributed by atoms with E-state index in [9.17, 15) is 10.2 Å². The second-order valence-corrected chi connectivity index (χ2v) is 4.89. The summed E-state index contributed by atoms with van der Waals surface area (Å²) in [6.07, 6.45) is -1.09. The molecule has 0 aliphatic carbocycles. The molecule has 1 aliphatic heterocycles. The average Bonchev–Trinajstić information content (AvgIpc) is 2.43. The van der Waals surface area contributed by atoms with E-state index in [4.69, 9.17) is 9.47 Å². The first kappa shape index (κ1) is 14.1. The highest BCUT2D eigenvalue weighted by molar-refractivity contribution is 5.44. The molecule has 1 aromatic rings. The van der Waals surface area contributed by atoms with E-state index in [-0.39, 0.29) is 6.04 Å². The number of hydrogen-bond donors (Lipinski definition) is 3. The van der Waals surface area contributed by atoms with E-state index in [1.165, 1.54) is 0 Å². The van der Waals surface area contributed by atoms with Crippen LogP contribution in [0.25, 0.3) is 0 Å². The van der Waals surface area contributed by atoms with Crippen molar-refractivity contribution in [3.8, 4) is 11.5 Å². The number of aliphatic hydroxyl groups is 2. The Hall–Kier alpha value is -1.30. The lowest BCUT2D eigenvalue weighted by Gasteiger charge is -2.24. The van der Waals surface area contributed by atoms with Crippen LogP contribution in [0, 0.1) is 0 Å². The van der Waals surface area contributed by atoms with Gasteiger partial charge >= 0.3 is 0 Å². The van der Waals surface area contributed by atoms with Gasteiger partial charge in [0.05, 0.1) is 12.2 Å². The predicted molar refractivity (Wildman–Crippen MR) is 71.5 cm³/mol. The summed E-state index contributed by atoms with van der Waals surface area (Å²) in [6.45, 7) is 5.12. The van der Waals surface area contributed by atoms with Gasteiger partial charge in [-0.05, 0) is 31.5 Å². The third-order valence-corrected chi connectivity index (χ3v) is 3.12. The van der Waals surface area contributed by atoms with E-state index < -0.39 is 12.2 Å². The van der Waals surface area contributed by atoms with E-state index >= 15 is 0 Å². The molecular formula is C14H21NO4. The molecule has 0 fully saturated rings. The molecule has 3 N–H and O–H groups in total. The highest BCUT2D eigenvalue weighted by atomic mass is 16.6. The number of ether oxygens (including phenoxy) is 2. The van der Waals surface area contributed by atoms with Crippen LogP contribution in [0.4, 0.5) is 0 Å². The van der Waals surface area contributed by atoms with Crippen molar-refractivity contribution in [2.75, 3.05) is 19.8 Å². The normalized spacial score (nSPS) is 18.7. The Bertz CT molecular complexity index is 422. The Morgan fingerprint density at radius 1 is 1.16 bits per heavy atom. The third kappa shape index (κ3) is 3.59. The Morgan fingerprint density at radius 3 is 2.53 bits per heavy atom. The van der Waals surface area contributed by atoms with Gasteiger partial charge in [0, 0.05) is 12.6 Å². The van der Waals surface area contributed by atoms with Crippen molar-refractivity contribution < 1.29 is 19.7 Å². The summed E-state index contributed by atoms with van der Waals surface area (Å²) in [4.78, 5) is 0. The summed E-state index contributed by atoms with van der Waals surface area (Å²) < 4.78 is 10.9. The third-order valence-electron chi connectivity index (χ3n) is 3.12. The standard InChI is InChI=1S/C14H21NO4/c1-9(16)8-15-10(2)14(17)11-3-4-12-13(7-11)19-6-5-18-12/h3-4,7,9-10,14-17H,5-6,8H2,1-2H3. The molecule has 0 saturated heterocycles. The molecule has 0 amide bonds. The number of aliphatic hydroxyl groups excluding tert-OH is 2. The lowest BCUT2D eigenvalue weighted by Crippen LogP contribution is -2.36. The Balaban J connectivity index is 2.04. The van der Waals surface area contributed by atoms with Gasteiger partial charge in [0.15, 0.2) is 11.5 Å². The fourth-order valence-electron chi connectivity index (χ4n) is 2.00. The minimum absolute atomic E-state index is 0.155. The maximum Gasteiger partial charge on any atom is 0.161 e. The number of benzene rings is 1. The van der Waals surface area contributed by atoms with Crippen LogP contribution in [0.15, 0.2) is 18.2 Å². The van der Waals surface area contributed by atoms with Crippen LogP contribution in [0.3, 0.4) is 0 Å². The molecule has 2 rings (SSSR count). The monoisotopic (exact) mass is 267 g/mol. The minimum Gasteiger partial charge on any atom is -0.486 e. The van der Waals surface area contributed by atoms with Crippen LogP contribution in [0.5, 0.6) is 11.5 Å². The Morgan fingerprint density at radius 2 is 1.84 bits per heavy atom. The van der Waals surface area contributed by atoms with Gasteiger partial charge in [-0.2, -0.15) is 0 Å². The van der Waals surface area contributed by atoms with Gasteiger partial charge < -0.3 is 25.0 Å². The molecule has 0 bridgehead atoms. The van der Waals surface area contributed by atoms with Crippen molar-refractivity contribution in [1.82, 2.24) is 5.32 Å². The van der Waals surface area contributed by atoms with Gasteiger partial charge in [-0.3, -0.25) is 0 Å². The zero-order valence-electron chi connectivity index (χ0n) is 11.3. The van der Waals surface area contributed by atoms with Gasteiger partial charge in [-0.15, -0.1) is 0 Å². The zero-order valence-corrected chi connectivity index (χ0v) is 11.3. The summed E-state index contributed by atoms with van der Waals surface area (Å²) in [5, 5.41) is 22.6. The molecule has 5 heteroatoms. The molecule has 1 heterocycles. The summed E-state index contributed by atoms with van der Waals surface area (Å²) in [7, 11) is 0. The van der Waals surface area contributed by atoms with Gasteiger partial charge in [0.2, 0.25) is 0 Å². The number of rotatable bonds is 5. The average molecular weight is 267 g/mol. The SMILES string of the molecule is CC(O)CNC(C)C(O)c1ccc2c(c1)OCCO2. The van der Waals surface area contributed by atoms with Crippen molar-refractivity contribution in [2.45, 2.75) is 32.1 Å². The topological polar surface area (TPSA) is 71.0 Å². The fourth-order valence-corrected chi connectivity index (χ4v) is 2.00. The highest BCUT2D eigenvalue weighted by Gasteiger charge is 2.19. The van der Waals surface area contributed by atoms with E-state index in [0.717, 1.165) is 5.56 Å². The van der Waals surface area contributed by atoms with Crippen molar-refractivity contribution in [2.24, 2.45) is 0 Å². The molecule has 1 aromatic carbocycles. The summed E-state index contributed by atoms with van der Waals surface area (Å²) >= 11 is 0. The molecule has 3 atom stereocenters. The molecule has 5 nitrogen and oxygen atoms in total. The van der Waals surface area contributed by atoms with Gasteiger partial charge in [0.25, 0.3) is 0 Å². The maximum atomic E-state index is 10.3. The summed E-state index contributed by atoms with van der Waals surface area (Å²) in [6, 6.07) is 5.30. The molecular weight excluding hydrogens is 246 g/mol. The van der Waals surface area contributed by atoms with Crippen LogP contribution in [-0.2, 0) is 0 Å². The van der Waals surface area contributed by atoms with E-state index in [1.54, 1.807) is 13.0 Å². The molecule has 0 radical (unpaired) electrons. The minimum atomic E-state index is -0.658. The zero-order chi connectivity index (χ0) is 13.8. The molecule has 0 saturated carbocycles. The molecule has 3 unspecified atom stereocenters. The second-order valence-electron chi connectivity index (χ2n) is 4.89. The van der Waals surface area contributed by atoms with Gasteiger partial charge in [-0.1, -0.05) is 6.07 Å². The lowest BCUT2D eigenvalue weighted by atomic mass is 10.0. The van der Waals surface area contributed by atoms with E-state index in [1.807, 2.05) is 19.1 Å². The quantitative estimate of drug-likeness (QED) is 0.738. The predicted octanol–water partition coefficient (Wildman–Crippen LogP) is 0.850. The van der Waals surface area contributed by atoms with E-state index in [2.05, 4.69) is 5.32 Å². The van der Waals surface area contributed by atoms with Crippen molar-refractivity contribution in [3.63, 3.8) is 0 Å². The lowest BCUT2D eigenvalue weighted by molar-refractivity contribution is 0.120. The largest absolute Gasteiger partial charge is 0.486 e. The number of hydrogen-bond acceptors (Lipinski definition) is 5. The molecule has 0 spiro atoms. The van der Waals surface area contributed by atoms with Gasteiger partial charge in [-0.25, -0.2) is 0 Å². The van der Waals surface area contributed by atoms with Crippen LogP contribution in [0.2, 0.25) is 0 Å².